The topological polar surface area (TPSA) is 66.0 Å². The van der Waals surface area contributed by atoms with Gasteiger partial charge in [0.2, 0.25) is 0 Å². The van der Waals surface area contributed by atoms with E-state index in [9.17, 15) is 9.59 Å². The van der Waals surface area contributed by atoms with Crippen molar-refractivity contribution in [2.24, 2.45) is 17.8 Å². The van der Waals surface area contributed by atoms with Crippen molar-refractivity contribution < 1.29 is 14.9 Å². The Kier molecular flexibility index (Phi) is 5.46. The second kappa shape index (κ2) is 7.86. The summed E-state index contributed by atoms with van der Waals surface area (Å²) in [7, 11) is 0. The Morgan fingerprint density at radius 1 is 1.07 bits per heavy atom. The minimum Gasteiger partial charge on any atom is -0.339 e. The van der Waals surface area contributed by atoms with Crippen molar-refractivity contribution in [3.63, 3.8) is 0 Å². The van der Waals surface area contributed by atoms with E-state index < -0.39 is 0 Å². The molecule has 1 aromatic rings. The van der Waals surface area contributed by atoms with E-state index in [-0.39, 0.29) is 11.8 Å². The summed E-state index contributed by atoms with van der Waals surface area (Å²) < 4.78 is 0. The quantitative estimate of drug-likeness (QED) is 0.759. The molecule has 1 aromatic carbocycles. The molecule has 2 amide bonds. The number of rotatable bonds is 7. The zero-order chi connectivity index (χ0) is 19.7. The summed E-state index contributed by atoms with van der Waals surface area (Å²) in [6.07, 6.45) is 8.15. The molecule has 5 nitrogen and oxygen atoms in total. The van der Waals surface area contributed by atoms with E-state index in [1.165, 1.54) is 38.5 Å². The van der Waals surface area contributed by atoms with Crippen molar-refractivity contribution in [1.82, 2.24) is 4.90 Å². The normalized spacial score (nSPS) is 30.3. The highest BCUT2D eigenvalue weighted by Gasteiger charge is 2.53. The SMILES string of the molecule is CCN(CC)C(=O)c1cccc(NC(=O)C[NH2+]C23CC4CC(CC(C4)C2)C3)c1. The van der Waals surface area contributed by atoms with Gasteiger partial charge < -0.3 is 15.5 Å². The lowest BCUT2D eigenvalue weighted by Crippen LogP contribution is -3.00. The van der Waals surface area contributed by atoms with Crippen LogP contribution in [-0.2, 0) is 4.79 Å². The van der Waals surface area contributed by atoms with E-state index in [0.29, 0.717) is 36.4 Å². The zero-order valence-corrected chi connectivity index (χ0v) is 17.2. The molecule has 0 heterocycles. The Morgan fingerprint density at radius 2 is 1.68 bits per heavy atom. The molecule has 0 atom stereocenters. The number of carbonyl (C=O) groups is 2. The first-order chi connectivity index (χ1) is 13.5. The predicted octanol–water partition coefficient (Wildman–Crippen LogP) is 2.64. The third-order valence-corrected chi connectivity index (χ3v) is 7.25. The van der Waals surface area contributed by atoms with Gasteiger partial charge in [0.15, 0.2) is 6.54 Å². The van der Waals surface area contributed by atoms with Crippen LogP contribution in [0.4, 0.5) is 5.69 Å². The highest BCUT2D eigenvalue weighted by Crippen LogP contribution is 2.54. The molecular weight excluding hydrogens is 350 g/mol. The van der Waals surface area contributed by atoms with Crippen molar-refractivity contribution >= 4 is 17.5 Å². The molecule has 5 heteroatoms. The molecule has 4 aliphatic rings. The molecular formula is C23H34N3O2+. The fraction of sp³-hybridized carbons (Fsp3) is 0.652. The van der Waals surface area contributed by atoms with Crippen molar-refractivity contribution in [2.45, 2.75) is 57.9 Å². The first-order valence-corrected chi connectivity index (χ1v) is 11.0. The third-order valence-electron chi connectivity index (χ3n) is 7.25. The maximum atomic E-state index is 12.6. The summed E-state index contributed by atoms with van der Waals surface area (Å²) in [6, 6.07) is 7.32. The molecule has 0 aliphatic heterocycles. The molecule has 4 fully saturated rings. The Hall–Kier alpha value is -1.88. The fourth-order valence-corrected chi connectivity index (χ4v) is 6.37. The Morgan fingerprint density at radius 3 is 2.25 bits per heavy atom. The van der Waals surface area contributed by atoms with Crippen LogP contribution in [0.15, 0.2) is 24.3 Å². The largest absolute Gasteiger partial charge is 0.339 e. The van der Waals surface area contributed by atoms with Crippen molar-refractivity contribution in [2.75, 3.05) is 25.0 Å². The number of hydrogen-bond donors (Lipinski definition) is 2. The Bertz CT molecular complexity index is 706. The van der Waals surface area contributed by atoms with Crippen LogP contribution in [0.5, 0.6) is 0 Å². The van der Waals surface area contributed by atoms with E-state index in [1.54, 1.807) is 11.0 Å². The second-order valence-corrected chi connectivity index (χ2v) is 9.29. The van der Waals surface area contributed by atoms with Crippen LogP contribution in [0.3, 0.4) is 0 Å². The first-order valence-electron chi connectivity index (χ1n) is 11.0. The van der Waals surface area contributed by atoms with Gasteiger partial charge in [-0.05, 0) is 69.1 Å². The number of quaternary nitrogens is 1. The van der Waals surface area contributed by atoms with Crippen LogP contribution in [0.2, 0.25) is 0 Å². The van der Waals surface area contributed by atoms with Crippen molar-refractivity contribution in [1.29, 1.82) is 0 Å². The molecule has 0 saturated heterocycles. The van der Waals surface area contributed by atoms with Crippen LogP contribution in [0.1, 0.15) is 62.7 Å². The van der Waals surface area contributed by atoms with Crippen molar-refractivity contribution in [3.8, 4) is 0 Å². The summed E-state index contributed by atoms with van der Waals surface area (Å²) in [5.74, 6) is 2.74. The van der Waals surface area contributed by atoms with Gasteiger partial charge in [-0.3, -0.25) is 9.59 Å². The fourth-order valence-electron chi connectivity index (χ4n) is 6.37. The number of nitrogens with one attached hydrogen (secondary N) is 1. The van der Waals surface area contributed by atoms with E-state index in [1.807, 2.05) is 32.0 Å². The van der Waals surface area contributed by atoms with E-state index in [4.69, 9.17) is 0 Å². The lowest BCUT2D eigenvalue weighted by Gasteiger charge is -2.54. The smallest absolute Gasteiger partial charge is 0.279 e. The third kappa shape index (κ3) is 3.95. The van der Waals surface area contributed by atoms with Crippen LogP contribution < -0.4 is 10.6 Å². The summed E-state index contributed by atoms with van der Waals surface area (Å²) in [6.45, 7) is 5.80. The molecule has 0 aromatic heterocycles. The molecule has 4 saturated carbocycles. The van der Waals surface area contributed by atoms with E-state index in [0.717, 1.165) is 17.8 Å². The van der Waals surface area contributed by atoms with Gasteiger partial charge in [0.1, 0.15) is 0 Å². The van der Waals surface area contributed by atoms with Gasteiger partial charge in [0.05, 0.1) is 5.54 Å². The molecule has 4 bridgehead atoms. The maximum absolute atomic E-state index is 12.6. The number of amides is 2. The summed E-state index contributed by atoms with van der Waals surface area (Å²) in [4.78, 5) is 26.9. The monoisotopic (exact) mass is 384 g/mol. The van der Waals surface area contributed by atoms with E-state index >= 15 is 0 Å². The maximum Gasteiger partial charge on any atom is 0.279 e. The molecule has 5 rings (SSSR count). The van der Waals surface area contributed by atoms with Crippen LogP contribution >= 0.6 is 0 Å². The summed E-state index contributed by atoms with van der Waals surface area (Å²) >= 11 is 0. The second-order valence-electron chi connectivity index (χ2n) is 9.29. The molecule has 28 heavy (non-hydrogen) atoms. The Balaban J connectivity index is 1.34. The lowest BCUT2D eigenvalue weighted by atomic mass is 9.53. The van der Waals surface area contributed by atoms with Gasteiger partial charge in [-0.2, -0.15) is 0 Å². The minimum atomic E-state index is 0.0150. The molecule has 3 N–H and O–H groups in total. The number of carbonyl (C=O) groups excluding carboxylic acids is 2. The van der Waals surface area contributed by atoms with Crippen LogP contribution in [0, 0.1) is 17.8 Å². The van der Waals surface area contributed by atoms with Crippen LogP contribution in [0.25, 0.3) is 0 Å². The number of benzene rings is 1. The summed E-state index contributed by atoms with van der Waals surface area (Å²) in [5, 5.41) is 5.33. The number of anilines is 1. The average molecular weight is 385 g/mol. The highest BCUT2D eigenvalue weighted by molar-refractivity contribution is 5.97. The lowest BCUT2D eigenvalue weighted by molar-refractivity contribution is -0.729. The molecule has 0 radical (unpaired) electrons. The number of nitrogens with two attached hydrogens (primary N) is 1. The number of hydrogen-bond acceptors (Lipinski definition) is 2. The highest BCUT2D eigenvalue weighted by atomic mass is 16.2. The molecule has 152 valence electrons. The summed E-state index contributed by atoms with van der Waals surface area (Å²) in [5.41, 5.74) is 1.65. The van der Waals surface area contributed by atoms with Gasteiger partial charge >= 0.3 is 0 Å². The van der Waals surface area contributed by atoms with Gasteiger partial charge in [-0.1, -0.05) is 6.07 Å². The molecule has 0 spiro atoms. The standard InChI is InChI=1S/C23H33N3O2/c1-3-26(4-2)22(28)19-6-5-7-20(11-19)25-21(27)15-24-23-12-16-8-17(13-23)10-18(9-16)14-23/h5-7,11,16-18,24H,3-4,8-10,12-15H2,1-2H3,(H,25,27)/p+1. The van der Waals surface area contributed by atoms with Gasteiger partial charge in [0, 0.05) is 43.6 Å². The van der Waals surface area contributed by atoms with Crippen LogP contribution in [-0.4, -0.2) is 41.9 Å². The first kappa shape index (κ1) is 19.4. The molecule has 0 unspecified atom stereocenters. The number of nitrogens with zero attached hydrogens (tertiary/aromatic N) is 1. The average Bonchev–Trinajstić information content (AvgIpc) is 2.66. The minimum absolute atomic E-state index is 0.0150. The Labute approximate surface area is 168 Å². The predicted molar refractivity (Wildman–Crippen MR) is 110 cm³/mol. The van der Waals surface area contributed by atoms with Gasteiger partial charge in [0.25, 0.3) is 11.8 Å². The zero-order valence-electron chi connectivity index (χ0n) is 17.2. The molecule has 4 aliphatic carbocycles. The van der Waals surface area contributed by atoms with Gasteiger partial charge in [-0.25, -0.2) is 0 Å². The van der Waals surface area contributed by atoms with Gasteiger partial charge in [-0.15, -0.1) is 0 Å². The van der Waals surface area contributed by atoms with E-state index in [2.05, 4.69) is 10.6 Å². The van der Waals surface area contributed by atoms with Crippen molar-refractivity contribution in [3.05, 3.63) is 29.8 Å².